The number of sulfonamides is 1. The van der Waals surface area contributed by atoms with Crippen LogP contribution >= 0.6 is 0 Å². The van der Waals surface area contributed by atoms with Crippen LogP contribution in [0.3, 0.4) is 0 Å². The highest BCUT2D eigenvalue weighted by molar-refractivity contribution is 7.99. The molecule has 2 aromatic rings. The molecule has 31 heavy (non-hydrogen) atoms. The fourth-order valence-corrected chi connectivity index (χ4v) is 6.05. The first-order valence-electron chi connectivity index (χ1n) is 10.7. The zero-order valence-corrected chi connectivity index (χ0v) is 18.5. The lowest BCUT2D eigenvalue weighted by atomic mass is 9.84. The van der Waals surface area contributed by atoms with Crippen molar-refractivity contribution in [2.45, 2.75) is 38.0 Å². The Morgan fingerprint density at radius 3 is 2.32 bits per heavy atom. The zero-order chi connectivity index (χ0) is 21.8. The number of nitrogens with one attached hydrogen (secondary N) is 1. The molecule has 0 unspecified atom stereocenters. The second-order valence-corrected chi connectivity index (χ2v) is 9.83. The van der Waals surface area contributed by atoms with Crippen LogP contribution < -0.4 is 5.32 Å². The molecule has 0 radical (unpaired) electrons. The third-order valence-corrected chi connectivity index (χ3v) is 7.89. The summed E-state index contributed by atoms with van der Waals surface area (Å²) in [5.74, 6) is 0.0205. The lowest BCUT2D eigenvalue weighted by Crippen LogP contribution is -2.35. The molecule has 4 rings (SSSR count). The molecule has 0 saturated heterocycles. The average Bonchev–Trinajstić information content (AvgIpc) is 2.98. The van der Waals surface area contributed by atoms with Crippen molar-refractivity contribution in [3.05, 3.63) is 71.4 Å². The van der Waals surface area contributed by atoms with Crippen LogP contribution in [0.15, 0.2) is 60.3 Å². The molecule has 1 aliphatic carbocycles. The van der Waals surface area contributed by atoms with Gasteiger partial charge in [-0.2, -0.15) is 0 Å². The molecular weight excluding hydrogens is 412 g/mol. The maximum absolute atomic E-state index is 13.2. The lowest BCUT2D eigenvalue weighted by molar-refractivity contribution is -0.122. The molecule has 0 atom stereocenters. The highest BCUT2D eigenvalue weighted by Gasteiger charge is 2.44. The summed E-state index contributed by atoms with van der Waals surface area (Å²) in [6.07, 6.45) is 6.26. The Morgan fingerprint density at radius 2 is 1.68 bits per heavy atom. The van der Waals surface area contributed by atoms with Gasteiger partial charge in [0.05, 0.1) is 13.2 Å². The van der Waals surface area contributed by atoms with Crippen molar-refractivity contribution in [3.8, 4) is 0 Å². The number of ether oxygens (including phenoxy) is 1. The maximum Gasteiger partial charge on any atom is 0.285 e. The largest absolute Gasteiger partial charge is 0.383 e. The fraction of sp³-hybridized carbons (Fsp3) is 0.375. The second-order valence-electron chi connectivity index (χ2n) is 8.03. The second kappa shape index (κ2) is 9.24. The van der Waals surface area contributed by atoms with Crippen LogP contribution in [0.1, 0.15) is 49.1 Å². The quantitative estimate of drug-likeness (QED) is 0.693. The van der Waals surface area contributed by atoms with Crippen molar-refractivity contribution < 1.29 is 17.9 Å². The molecule has 1 amide bonds. The van der Waals surface area contributed by atoms with Gasteiger partial charge in [-0.25, -0.2) is 12.7 Å². The summed E-state index contributed by atoms with van der Waals surface area (Å²) in [5.41, 5.74) is 2.56. The molecule has 164 valence electrons. The molecule has 1 saturated carbocycles. The van der Waals surface area contributed by atoms with Gasteiger partial charge in [0.2, 0.25) is 0 Å². The van der Waals surface area contributed by atoms with Gasteiger partial charge in [0.15, 0.2) is 0 Å². The van der Waals surface area contributed by atoms with Gasteiger partial charge in [-0.1, -0.05) is 61.7 Å². The van der Waals surface area contributed by atoms with Crippen LogP contribution in [0.5, 0.6) is 0 Å². The van der Waals surface area contributed by atoms with Gasteiger partial charge < -0.3 is 10.1 Å². The van der Waals surface area contributed by atoms with Gasteiger partial charge in [0.25, 0.3) is 15.9 Å². The Labute approximate surface area is 184 Å². The van der Waals surface area contributed by atoms with Crippen LogP contribution in [-0.2, 0) is 19.6 Å². The Hall–Kier alpha value is -2.64. The van der Waals surface area contributed by atoms with Crippen molar-refractivity contribution in [3.63, 3.8) is 0 Å². The molecule has 2 aliphatic rings. The monoisotopic (exact) mass is 440 g/mol. The van der Waals surface area contributed by atoms with E-state index in [-0.39, 0.29) is 23.8 Å². The molecule has 7 heteroatoms. The Kier molecular flexibility index (Phi) is 6.43. The predicted molar refractivity (Wildman–Crippen MR) is 122 cm³/mol. The van der Waals surface area contributed by atoms with Crippen molar-refractivity contribution in [2.75, 3.05) is 25.6 Å². The van der Waals surface area contributed by atoms with Crippen LogP contribution in [-0.4, -0.2) is 38.9 Å². The molecule has 0 aromatic heterocycles. The van der Waals surface area contributed by atoms with Gasteiger partial charge in [0, 0.05) is 12.8 Å². The first-order valence-corrected chi connectivity index (χ1v) is 12.2. The van der Waals surface area contributed by atoms with E-state index in [0.29, 0.717) is 17.2 Å². The number of nitrogens with zero attached hydrogens (tertiary/aromatic N) is 1. The van der Waals surface area contributed by atoms with Gasteiger partial charge in [-0.3, -0.25) is 4.79 Å². The number of hydrogen-bond donors (Lipinski definition) is 1. The van der Waals surface area contributed by atoms with Crippen LogP contribution in [0, 0.1) is 0 Å². The number of anilines is 1. The first kappa shape index (κ1) is 21.6. The minimum absolute atomic E-state index is 0.00515. The molecule has 1 heterocycles. The minimum Gasteiger partial charge on any atom is -0.383 e. The number of rotatable bonds is 7. The molecular formula is C24H28N2O4S. The van der Waals surface area contributed by atoms with E-state index in [9.17, 15) is 13.2 Å². The maximum atomic E-state index is 13.2. The third-order valence-electron chi connectivity index (χ3n) is 6.01. The van der Waals surface area contributed by atoms with E-state index < -0.39 is 15.9 Å². The SMILES string of the molecule is COCCN1C(=O)C(Nc2ccc(C3CCCCC3)cc2)=C(c2ccccc2)S1(=O)=O. The van der Waals surface area contributed by atoms with E-state index >= 15 is 0 Å². The van der Waals surface area contributed by atoms with E-state index in [1.165, 1.54) is 44.8 Å². The van der Waals surface area contributed by atoms with Crippen LogP contribution in [0.2, 0.25) is 0 Å². The number of hydrogen-bond acceptors (Lipinski definition) is 5. The average molecular weight is 441 g/mol. The summed E-state index contributed by atoms with van der Waals surface area (Å²) < 4.78 is 32.3. The number of benzene rings is 2. The highest BCUT2D eigenvalue weighted by atomic mass is 32.2. The standard InChI is InChI=1S/C24H28N2O4S/c1-30-17-16-26-24(27)22(23(31(26,28)29)20-10-6-3-7-11-20)25-21-14-12-19(13-15-21)18-8-4-2-5-9-18/h3,6-7,10-15,18,25H,2,4-5,8-9,16-17H2,1H3. The van der Waals surface area contributed by atoms with E-state index in [1.54, 1.807) is 24.3 Å². The number of carbonyl (C=O) groups excluding carboxylic acids is 1. The Balaban J connectivity index is 1.67. The van der Waals surface area contributed by atoms with Crippen molar-refractivity contribution in [1.82, 2.24) is 4.31 Å². The molecule has 0 bridgehead atoms. The smallest absolute Gasteiger partial charge is 0.285 e. The van der Waals surface area contributed by atoms with Crippen molar-refractivity contribution >= 4 is 26.5 Å². The third kappa shape index (κ3) is 4.38. The molecule has 6 nitrogen and oxygen atoms in total. The summed E-state index contributed by atoms with van der Waals surface area (Å²) >= 11 is 0. The van der Waals surface area contributed by atoms with E-state index in [1.807, 2.05) is 18.2 Å². The Morgan fingerprint density at radius 1 is 1.00 bits per heavy atom. The van der Waals surface area contributed by atoms with E-state index in [2.05, 4.69) is 17.4 Å². The van der Waals surface area contributed by atoms with Crippen LogP contribution in [0.4, 0.5) is 5.69 Å². The highest BCUT2D eigenvalue weighted by Crippen LogP contribution is 2.37. The van der Waals surface area contributed by atoms with E-state index in [4.69, 9.17) is 4.74 Å². The molecule has 1 N–H and O–H groups in total. The zero-order valence-electron chi connectivity index (χ0n) is 17.7. The predicted octanol–water partition coefficient (Wildman–Crippen LogP) is 4.33. The molecule has 1 fully saturated rings. The normalized spacial score (nSPS) is 19.1. The van der Waals surface area contributed by atoms with Gasteiger partial charge >= 0.3 is 0 Å². The Bertz CT molecular complexity index is 1060. The number of amides is 1. The van der Waals surface area contributed by atoms with Gasteiger partial charge in [-0.05, 0) is 42.0 Å². The molecule has 0 spiro atoms. The topological polar surface area (TPSA) is 75.7 Å². The number of methoxy groups -OCH3 is 1. The first-order chi connectivity index (χ1) is 15.0. The van der Waals surface area contributed by atoms with Crippen LogP contribution in [0.25, 0.3) is 4.91 Å². The summed E-state index contributed by atoms with van der Waals surface area (Å²) in [4.78, 5) is 13.1. The van der Waals surface area contributed by atoms with Crippen molar-refractivity contribution in [2.24, 2.45) is 0 Å². The summed E-state index contributed by atoms with van der Waals surface area (Å²) in [6.45, 7) is 0.107. The summed E-state index contributed by atoms with van der Waals surface area (Å²) in [6, 6.07) is 16.8. The molecule has 1 aliphatic heterocycles. The van der Waals surface area contributed by atoms with Crippen molar-refractivity contribution in [1.29, 1.82) is 0 Å². The van der Waals surface area contributed by atoms with Gasteiger partial charge in [-0.15, -0.1) is 0 Å². The molecule has 2 aromatic carbocycles. The summed E-state index contributed by atoms with van der Waals surface area (Å²) in [7, 11) is -2.50. The number of carbonyl (C=O) groups is 1. The van der Waals surface area contributed by atoms with Gasteiger partial charge in [0.1, 0.15) is 10.6 Å². The lowest BCUT2D eigenvalue weighted by Gasteiger charge is -2.22. The minimum atomic E-state index is -3.98. The summed E-state index contributed by atoms with van der Waals surface area (Å²) in [5, 5.41) is 3.10. The van der Waals surface area contributed by atoms with E-state index in [0.717, 1.165) is 4.31 Å². The fourth-order valence-electron chi connectivity index (χ4n) is 4.38.